The highest BCUT2D eigenvalue weighted by Gasteiger charge is 2.20. The first-order valence-electron chi connectivity index (χ1n) is 5.60. The summed E-state index contributed by atoms with van der Waals surface area (Å²) in [7, 11) is 0. The van der Waals surface area contributed by atoms with Gasteiger partial charge in [0.1, 0.15) is 0 Å². The quantitative estimate of drug-likeness (QED) is 0.618. The fourth-order valence-corrected chi connectivity index (χ4v) is 1.70. The molecule has 1 atom stereocenters. The van der Waals surface area contributed by atoms with E-state index in [0.717, 1.165) is 12.0 Å². The predicted octanol–water partition coefficient (Wildman–Crippen LogP) is 2.95. The third kappa shape index (κ3) is 4.10. The van der Waals surface area contributed by atoms with E-state index in [1.807, 2.05) is 0 Å². The van der Waals surface area contributed by atoms with Crippen LogP contribution in [0.4, 0.5) is 0 Å². The van der Waals surface area contributed by atoms with Crippen LogP contribution in [0.1, 0.15) is 52.4 Å². The van der Waals surface area contributed by atoms with Gasteiger partial charge in [-0.15, -0.1) is 0 Å². The highest BCUT2D eigenvalue weighted by molar-refractivity contribution is 4.75. The molecule has 1 N–H and O–H groups in total. The Kier molecular flexibility index (Phi) is 4.67. The van der Waals surface area contributed by atoms with Crippen LogP contribution in [-0.2, 0) is 0 Å². The van der Waals surface area contributed by atoms with E-state index in [9.17, 15) is 0 Å². The number of hydrogen-bond acceptors (Lipinski definition) is 1. The minimum Gasteiger partial charge on any atom is -0.314 e. The third-order valence-electron chi connectivity index (χ3n) is 2.81. The minimum absolute atomic E-state index is 0.786. The SMILES string of the molecule is CCCC(CC)NCCC1CC1. The van der Waals surface area contributed by atoms with Crippen molar-refractivity contribution in [1.29, 1.82) is 0 Å². The maximum absolute atomic E-state index is 3.64. The van der Waals surface area contributed by atoms with Crippen molar-refractivity contribution in [2.45, 2.75) is 58.4 Å². The summed E-state index contributed by atoms with van der Waals surface area (Å²) in [5, 5.41) is 3.64. The summed E-state index contributed by atoms with van der Waals surface area (Å²) in [6.45, 7) is 5.80. The first-order chi connectivity index (χ1) is 5.86. The maximum atomic E-state index is 3.64. The second-order valence-corrected chi connectivity index (χ2v) is 4.08. The van der Waals surface area contributed by atoms with Crippen LogP contribution in [0.25, 0.3) is 0 Å². The second-order valence-electron chi connectivity index (χ2n) is 4.08. The van der Waals surface area contributed by atoms with Gasteiger partial charge >= 0.3 is 0 Å². The lowest BCUT2D eigenvalue weighted by atomic mass is 10.1. The number of nitrogens with one attached hydrogen (secondary N) is 1. The van der Waals surface area contributed by atoms with Crippen LogP contribution in [0.15, 0.2) is 0 Å². The molecule has 1 fully saturated rings. The molecule has 72 valence electrons. The monoisotopic (exact) mass is 169 g/mol. The van der Waals surface area contributed by atoms with E-state index < -0.39 is 0 Å². The zero-order valence-electron chi connectivity index (χ0n) is 8.60. The Bertz CT molecular complexity index is 108. The fraction of sp³-hybridized carbons (Fsp3) is 1.00. The van der Waals surface area contributed by atoms with Crippen LogP contribution in [0, 0.1) is 5.92 Å². The molecule has 1 nitrogen and oxygen atoms in total. The van der Waals surface area contributed by atoms with Gasteiger partial charge in [-0.25, -0.2) is 0 Å². The summed E-state index contributed by atoms with van der Waals surface area (Å²) < 4.78 is 0. The van der Waals surface area contributed by atoms with Crippen LogP contribution in [0.3, 0.4) is 0 Å². The molecule has 1 aliphatic carbocycles. The summed E-state index contributed by atoms with van der Waals surface area (Å²) >= 11 is 0. The van der Waals surface area contributed by atoms with E-state index in [1.165, 1.54) is 45.1 Å². The molecule has 0 heterocycles. The molecular weight excluding hydrogens is 146 g/mol. The molecule has 1 unspecified atom stereocenters. The van der Waals surface area contributed by atoms with Gasteiger partial charge in [0.15, 0.2) is 0 Å². The first kappa shape index (κ1) is 10.0. The van der Waals surface area contributed by atoms with Crippen molar-refractivity contribution >= 4 is 0 Å². The lowest BCUT2D eigenvalue weighted by Crippen LogP contribution is -2.29. The minimum atomic E-state index is 0.786. The average Bonchev–Trinajstić information content (AvgIpc) is 2.87. The van der Waals surface area contributed by atoms with E-state index in [2.05, 4.69) is 19.2 Å². The summed E-state index contributed by atoms with van der Waals surface area (Å²) in [5.74, 6) is 1.08. The molecule has 1 saturated carbocycles. The van der Waals surface area contributed by atoms with Crippen molar-refractivity contribution in [3.05, 3.63) is 0 Å². The maximum Gasteiger partial charge on any atom is 0.00643 e. The van der Waals surface area contributed by atoms with Gasteiger partial charge in [0.05, 0.1) is 0 Å². The van der Waals surface area contributed by atoms with Crippen molar-refractivity contribution in [1.82, 2.24) is 5.32 Å². The zero-order valence-corrected chi connectivity index (χ0v) is 8.60. The lowest BCUT2D eigenvalue weighted by molar-refractivity contribution is 0.452. The van der Waals surface area contributed by atoms with E-state index in [0.29, 0.717) is 0 Å². The van der Waals surface area contributed by atoms with E-state index in [4.69, 9.17) is 0 Å². The van der Waals surface area contributed by atoms with Crippen molar-refractivity contribution < 1.29 is 0 Å². The van der Waals surface area contributed by atoms with Gasteiger partial charge < -0.3 is 5.32 Å². The van der Waals surface area contributed by atoms with E-state index in [1.54, 1.807) is 0 Å². The Labute approximate surface area is 76.9 Å². The number of hydrogen-bond donors (Lipinski definition) is 1. The largest absolute Gasteiger partial charge is 0.314 e. The van der Waals surface area contributed by atoms with Crippen molar-refractivity contribution in [3.8, 4) is 0 Å². The highest BCUT2D eigenvalue weighted by Crippen LogP contribution is 2.31. The molecule has 0 aromatic carbocycles. The smallest absolute Gasteiger partial charge is 0.00643 e. The number of rotatable bonds is 7. The molecular formula is C11H23N. The second kappa shape index (κ2) is 5.58. The Hall–Kier alpha value is -0.0400. The van der Waals surface area contributed by atoms with Gasteiger partial charge in [0.2, 0.25) is 0 Å². The Morgan fingerprint density at radius 3 is 2.58 bits per heavy atom. The molecule has 12 heavy (non-hydrogen) atoms. The lowest BCUT2D eigenvalue weighted by Gasteiger charge is -2.15. The summed E-state index contributed by atoms with van der Waals surface area (Å²) in [6.07, 6.45) is 8.35. The van der Waals surface area contributed by atoms with Crippen molar-refractivity contribution in [2.24, 2.45) is 5.92 Å². The molecule has 0 amide bonds. The zero-order chi connectivity index (χ0) is 8.81. The van der Waals surface area contributed by atoms with Gasteiger partial charge in [0, 0.05) is 6.04 Å². The molecule has 0 spiro atoms. The highest BCUT2D eigenvalue weighted by atomic mass is 14.9. The summed E-state index contributed by atoms with van der Waals surface area (Å²) in [4.78, 5) is 0. The van der Waals surface area contributed by atoms with E-state index >= 15 is 0 Å². The Balaban J connectivity index is 1.93. The van der Waals surface area contributed by atoms with Crippen molar-refractivity contribution in [3.63, 3.8) is 0 Å². The third-order valence-corrected chi connectivity index (χ3v) is 2.81. The molecule has 0 aliphatic heterocycles. The molecule has 0 radical (unpaired) electrons. The normalized spacial score (nSPS) is 19.5. The van der Waals surface area contributed by atoms with E-state index in [-0.39, 0.29) is 0 Å². The molecule has 1 aliphatic rings. The Morgan fingerprint density at radius 1 is 1.33 bits per heavy atom. The summed E-state index contributed by atoms with van der Waals surface area (Å²) in [5.41, 5.74) is 0. The molecule has 0 saturated heterocycles. The predicted molar refractivity (Wildman–Crippen MR) is 54.3 cm³/mol. The molecule has 1 heteroatoms. The Morgan fingerprint density at radius 2 is 2.08 bits per heavy atom. The first-order valence-corrected chi connectivity index (χ1v) is 5.60. The molecule has 1 rings (SSSR count). The molecule has 0 bridgehead atoms. The fourth-order valence-electron chi connectivity index (χ4n) is 1.70. The van der Waals surface area contributed by atoms with Gasteiger partial charge in [-0.05, 0) is 31.7 Å². The standard InChI is InChI=1S/C11H23N/c1-3-5-11(4-2)12-9-8-10-6-7-10/h10-12H,3-9H2,1-2H3. The van der Waals surface area contributed by atoms with Crippen molar-refractivity contribution in [2.75, 3.05) is 6.54 Å². The van der Waals surface area contributed by atoms with Crippen LogP contribution in [0.5, 0.6) is 0 Å². The average molecular weight is 169 g/mol. The molecule has 0 aromatic rings. The van der Waals surface area contributed by atoms with Crippen LogP contribution in [-0.4, -0.2) is 12.6 Å². The van der Waals surface area contributed by atoms with Crippen LogP contribution >= 0.6 is 0 Å². The van der Waals surface area contributed by atoms with Crippen LogP contribution < -0.4 is 5.32 Å². The molecule has 0 aromatic heterocycles. The van der Waals surface area contributed by atoms with Gasteiger partial charge in [0.25, 0.3) is 0 Å². The topological polar surface area (TPSA) is 12.0 Å². The van der Waals surface area contributed by atoms with Crippen LogP contribution in [0.2, 0.25) is 0 Å². The van der Waals surface area contributed by atoms with Gasteiger partial charge in [-0.2, -0.15) is 0 Å². The van der Waals surface area contributed by atoms with Gasteiger partial charge in [-0.3, -0.25) is 0 Å². The summed E-state index contributed by atoms with van der Waals surface area (Å²) in [6, 6.07) is 0.786. The van der Waals surface area contributed by atoms with Gasteiger partial charge in [-0.1, -0.05) is 33.1 Å².